The van der Waals surface area contributed by atoms with E-state index < -0.39 is 30.5 Å². The van der Waals surface area contributed by atoms with Gasteiger partial charge in [0.05, 0.1) is 29.9 Å². The summed E-state index contributed by atoms with van der Waals surface area (Å²) in [5.41, 5.74) is 0.388. The van der Waals surface area contributed by atoms with E-state index in [1.54, 1.807) is 6.07 Å². The molecule has 1 aromatic carbocycles. The van der Waals surface area contributed by atoms with Crippen molar-refractivity contribution in [2.24, 2.45) is 0 Å². The van der Waals surface area contributed by atoms with Crippen molar-refractivity contribution in [2.45, 2.75) is 56.4 Å². The SMILES string of the molecule is O=C(CO[C@H]1C[C@@H](OC(F)(F)F)C1)N[C@@H]1CC[C@@H](c2nnc(-c3ccc(Cl)c(F)c3)o2)OC1. The molecule has 1 saturated carbocycles. The van der Waals surface area contributed by atoms with Crippen LogP contribution in [0.15, 0.2) is 22.6 Å². The van der Waals surface area contributed by atoms with Crippen molar-refractivity contribution < 1.29 is 41.0 Å². The van der Waals surface area contributed by atoms with Gasteiger partial charge in [0.15, 0.2) is 0 Å². The smallest absolute Gasteiger partial charge is 0.418 e. The van der Waals surface area contributed by atoms with E-state index in [1.165, 1.54) is 12.1 Å². The number of nitrogens with one attached hydrogen (secondary N) is 1. The minimum absolute atomic E-state index is 0.0139. The van der Waals surface area contributed by atoms with Gasteiger partial charge >= 0.3 is 6.36 Å². The number of hydrogen-bond acceptors (Lipinski definition) is 7. The first-order chi connectivity index (χ1) is 15.7. The third-order valence-electron chi connectivity index (χ3n) is 5.33. The van der Waals surface area contributed by atoms with Gasteiger partial charge in [0.1, 0.15) is 18.5 Å². The van der Waals surface area contributed by atoms with Crippen molar-refractivity contribution in [3.8, 4) is 11.5 Å². The first-order valence-electron chi connectivity index (χ1n) is 10.2. The van der Waals surface area contributed by atoms with Gasteiger partial charge in [-0.3, -0.25) is 9.53 Å². The van der Waals surface area contributed by atoms with Crippen LogP contribution < -0.4 is 5.32 Å². The molecule has 1 N–H and O–H groups in total. The Morgan fingerprint density at radius 3 is 2.67 bits per heavy atom. The topological polar surface area (TPSA) is 95.7 Å². The monoisotopic (exact) mass is 493 g/mol. The summed E-state index contributed by atoms with van der Waals surface area (Å²) in [7, 11) is 0. The summed E-state index contributed by atoms with van der Waals surface area (Å²) in [5, 5.41) is 10.6. The lowest BCUT2D eigenvalue weighted by Crippen LogP contribution is -2.45. The van der Waals surface area contributed by atoms with Gasteiger partial charge in [0.2, 0.25) is 17.7 Å². The number of amides is 1. The summed E-state index contributed by atoms with van der Waals surface area (Å²) in [5.74, 6) is -0.603. The van der Waals surface area contributed by atoms with Crippen molar-refractivity contribution in [3.63, 3.8) is 0 Å². The normalized spacial score (nSPS) is 25.5. The molecule has 1 amide bonds. The fourth-order valence-electron chi connectivity index (χ4n) is 3.57. The Bertz CT molecular complexity index is 975. The van der Waals surface area contributed by atoms with E-state index in [-0.39, 0.29) is 54.8 Å². The van der Waals surface area contributed by atoms with Gasteiger partial charge in [-0.05, 0) is 31.0 Å². The van der Waals surface area contributed by atoms with E-state index in [2.05, 4.69) is 20.3 Å². The number of alkyl halides is 3. The molecule has 4 rings (SSSR count). The second kappa shape index (κ2) is 9.92. The number of aromatic nitrogens is 2. The van der Waals surface area contributed by atoms with Crippen LogP contribution in [0.5, 0.6) is 0 Å². The van der Waals surface area contributed by atoms with Gasteiger partial charge in [0.25, 0.3) is 0 Å². The third kappa shape index (κ3) is 6.40. The molecule has 1 aliphatic heterocycles. The molecule has 2 atom stereocenters. The molecule has 0 spiro atoms. The number of ether oxygens (including phenoxy) is 3. The maximum atomic E-state index is 13.6. The lowest BCUT2D eigenvalue weighted by molar-refractivity contribution is -0.357. The summed E-state index contributed by atoms with van der Waals surface area (Å²) in [6.07, 6.45) is -5.22. The van der Waals surface area contributed by atoms with E-state index in [0.717, 1.165) is 0 Å². The Hall–Kier alpha value is -2.28. The molecule has 2 heterocycles. The molecule has 180 valence electrons. The van der Waals surface area contributed by atoms with Gasteiger partial charge < -0.3 is 19.2 Å². The number of benzene rings is 1. The highest BCUT2D eigenvalue weighted by atomic mass is 35.5. The molecule has 13 heteroatoms. The number of carbonyl (C=O) groups is 1. The fourth-order valence-corrected chi connectivity index (χ4v) is 3.69. The zero-order valence-corrected chi connectivity index (χ0v) is 17.9. The van der Waals surface area contributed by atoms with Crippen molar-refractivity contribution in [2.75, 3.05) is 13.2 Å². The lowest BCUT2D eigenvalue weighted by atomic mass is 9.92. The average molecular weight is 494 g/mol. The van der Waals surface area contributed by atoms with Crippen molar-refractivity contribution >= 4 is 17.5 Å². The number of rotatable bonds is 7. The summed E-state index contributed by atoms with van der Waals surface area (Å²) >= 11 is 5.68. The van der Waals surface area contributed by atoms with Crippen LogP contribution in [0.3, 0.4) is 0 Å². The van der Waals surface area contributed by atoms with Crippen LogP contribution in [0.25, 0.3) is 11.5 Å². The van der Waals surface area contributed by atoms with Crippen LogP contribution in [0, 0.1) is 5.82 Å². The van der Waals surface area contributed by atoms with Gasteiger partial charge in [0, 0.05) is 18.4 Å². The predicted molar refractivity (Wildman–Crippen MR) is 104 cm³/mol. The maximum absolute atomic E-state index is 13.6. The zero-order chi connectivity index (χ0) is 23.6. The van der Waals surface area contributed by atoms with Crippen LogP contribution in [0.2, 0.25) is 5.02 Å². The van der Waals surface area contributed by atoms with E-state index in [1.807, 2.05) is 0 Å². The summed E-state index contributed by atoms with van der Waals surface area (Å²) in [6.45, 7) is -0.0530. The van der Waals surface area contributed by atoms with Crippen LogP contribution >= 0.6 is 11.6 Å². The minimum atomic E-state index is -4.66. The van der Waals surface area contributed by atoms with Crippen LogP contribution in [0.4, 0.5) is 17.6 Å². The third-order valence-corrected chi connectivity index (χ3v) is 5.63. The Balaban J connectivity index is 1.17. The van der Waals surface area contributed by atoms with Crippen molar-refractivity contribution in [1.29, 1.82) is 0 Å². The zero-order valence-electron chi connectivity index (χ0n) is 17.1. The molecule has 2 aromatic rings. The molecule has 33 heavy (non-hydrogen) atoms. The van der Waals surface area contributed by atoms with Crippen LogP contribution in [-0.4, -0.2) is 53.9 Å². The molecule has 1 aliphatic carbocycles. The number of halogens is 5. The Morgan fingerprint density at radius 2 is 2.00 bits per heavy atom. The summed E-state index contributed by atoms with van der Waals surface area (Å²) < 4.78 is 70.4. The highest BCUT2D eigenvalue weighted by molar-refractivity contribution is 6.30. The fraction of sp³-hybridized carbons (Fsp3) is 0.550. The minimum Gasteiger partial charge on any atom is -0.418 e. The highest BCUT2D eigenvalue weighted by Gasteiger charge is 2.40. The first kappa shape index (κ1) is 23.9. The molecule has 0 unspecified atom stereocenters. The molecular formula is C20H20ClF4N3O5. The molecular weight excluding hydrogens is 474 g/mol. The van der Waals surface area contributed by atoms with Gasteiger partial charge in [-0.2, -0.15) is 0 Å². The van der Waals surface area contributed by atoms with E-state index in [0.29, 0.717) is 18.4 Å². The van der Waals surface area contributed by atoms with Gasteiger partial charge in [-0.25, -0.2) is 4.39 Å². The molecule has 2 aliphatic rings. The maximum Gasteiger partial charge on any atom is 0.522 e. The number of nitrogens with zero attached hydrogens (tertiary/aromatic N) is 2. The van der Waals surface area contributed by atoms with E-state index in [9.17, 15) is 22.4 Å². The van der Waals surface area contributed by atoms with Crippen LogP contribution in [0.1, 0.15) is 37.7 Å². The van der Waals surface area contributed by atoms with Gasteiger partial charge in [-0.1, -0.05) is 11.6 Å². The van der Waals surface area contributed by atoms with Gasteiger partial charge in [-0.15, -0.1) is 23.4 Å². The molecule has 1 aromatic heterocycles. The first-order valence-corrected chi connectivity index (χ1v) is 10.6. The molecule has 0 bridgehead atoms. The van der Waals surface area contributed by atoms with E-state index in [4.69, 9.17) is 25.5 Å². The summed E-state index contributed by atoms with van der Waals surface area (Å²) in [6, 6.07) is 3.89. The lowest BCUT2D eigenvalue weighted by Gasteiger charge is -2.35. The average Bonchev–Trinajstić information content (AvgIpc) is 3.21. The van der Waals surface area contributed by atoms with Crippen molar-refractivity contribution in [1.82, 2.24) is 15.5 Å². The second-order valence-electron chi connectivity index (χ2n) is 7.83. The largest absolute Gasteiger partial charge is 0.522 e. The van der Waals surface area contributed by atoms with E-state index >= 15 is 0 Å². The molecule has 1 saturated heterocycles. The molecule has 0 radical (unpaired) electrons. The number of carbonyl (C=O) groups excluding carboxylic acids is 1. The highest BCUT2D eigenvalue weighted by Crippen LogP contribution is 2.32. The molecule has 2 fully saturated rings. The Labute approximate surface area is 190 Å². The quantitative estimate of drug-likeness (QED) is 0.583. The second-order valence-corrected chi connectivity index (χ2v) is 8.24. The predicted octanol–water partition coefficient (Wildman–Crippen LogP) is 3.95. The number of hydrogen-bond donors (Lipinski definition) is 1. The van der Waals surface area contributed by atoms with Crippen molar-refractivity contribution in [3.05, 3.63) is 34.9 Å². The Morgan fingerprint density at radius 1 is 1.21 bits per heavy atom. The standard InChI is InChI=1S/C20H20ClF4N3O5/c21-14-3-1-10(5-15(14)22)18-27-28-19(32-18)16-4-2-11(8-31-16)26-17(29)9-30-12-6-13(7-12)33-20(23,24)25/h1,3,5,11-13,16H,2,4,6-9H2,(H,26,29)/t11-,12-,13+,16+/m1/s1. The summed E-state index contributed by atoms with van der Waals surface area (Å²) in [4.78, 5) is 12.0. The molecule has 8 nitrogen and oxygen atoms in total. The Kier molecular flexibility index (Phi) is 7.17. The van der Waals surface area contributed by atoms with Crippen LogP contribution in [-0.2, 0) is 19.0 Å².